The topological polar surface area (TPSA) is 91.7 Å². The second kappa shape index (κ2) is 8.53. The van der Waals surface area contributed by atoms with Crippen molar-refractivity contribution in [2.75, 3.05) is 18.4 Å². The van der Waals surface area contributed by atoms with Crippen molar-refractivity contribution in [1.82, 2.24) is 29.4 Å². The number of halogens is 2. The van der Waals surface area contributed by atoms with Crippen LogP contribution in [0, 0.1) is 12.3 Å². The fourth-order valence-corrected chi connectivity index (χ4v) is 5.78. The van der Waals surface area contributed by atoms with Gasteiger partial charge >= 0.3 is 0 Å². The van der Waals surface area contributed by atoms with Crippen LogP contribution in [0.4, 0.5) is 14.7 Å². The summed E-state index contributed by atoms with van der Waals surface area (Å²) in [7, 11) is 0. The van der Waals surface area contributed by atoms with E-state index in [9.17, 15) is 13.6 Å². The number of imidazole rings is 1. The zero-order valence-corrected chi connectivity index (χ0v) is 20.4. The summed E-state index contributed by atoms with van der Waals surface area (Å²) in [4.78, 5) is 31.6. The number of carbonyl (C=O) groups excluding carboxylic acids is 1. The molecule has 0 radical (unpaired) electrons. The van der Waals surface area contributed by atoms with Crippen LogP contribution in [0.1, 0.15) is 38.4 Å². The highest BCUT2D eigenvalue weighted by molar-refractivity contribution is 5.95. The highest BCUT2D eigenvalue weighted by atomic mass is 19.3. The van der Waals surface area contributed by atoms with Gasteiger partial charge in [-0.25, -0.2) is 18.7 Å². The molecule has 2 aliphatic rings. The lowest BCUT2D eigenvalue weighted by atomic mass is 9.66. The lowest BCUT2D eigenvalue weighted by molar-refractivity contribution is -0.145. The number of alkyl halides is 2. The van der Waals surface area contributed by atoms with E-state index in [1.165, 1.54) is 0 Å². The molecule has 36 heavy (non-hydrogen) atoms. The zero-order chi connectivity index (χ0) is 25.0. The Bertz CT molecular complexity index is 1450. The standard InChI is InChI=1S/C26H29F2N7O/c1-15-31-20-6-5-16(9-21(20)35(15)14-22(27)28)18-12-29-23-19(18)13-30-25(33-23)32-17-10-26(2,11-17)24(36)34-7-3-4-8-34/h5-6,9,12-13,17,22H,3-4,7-8,10-11,14H2,1-2H3,(H2,29,30,32,33)/t17-,26-. The Kier molecular flexibility index (Phi) is 5.42. The minimum Gasteiger partial charge on any atom is -0.351 e. The Hall–Kier alpha value is -3.56. The molecule has 1 aliphatic carbocycles. The number of fused-ring (bicyclic) bond motifs is 2. The Morgan fingerprint density at radius 2 is 2.03 bits per heavy atom. The van der Waals surface area contributed by atoms with E-state index >= 15 is 0 Å². The summed E-state index contributed by atoms with van der Waals surface area (Å²) < 4.78 is 27.8. The number of rotatable bonds is 6. The van der Waals surface area contributed by atoms with Gasteiger partial charge in [0.05, 0.1) is 23.0 Å². The van der Waals surface area contributed by atoms with Crippen LogP contribution < -0.4 is 5.32 Å². The first-order valence-corrected chi connectivity index (χ1v) is 12.5. The average Bonchev–Trinajstić information content (AvgIpc) is 3.56. The van der Waals surface area contributed by atoms with Crippen LogP contribution in [0.3, 0.4) is 0 Å². The van der Waals surface area contributed by atoms with Crippen LogP contribution in [0.5, 0.6) is 0 Å². The molecule has 188 valence electrons. The Labute approximate surface area is 207 Å². The molecule has 0 bridgehead atoms. The van der Waals surface area contributed by atoms with Gasteiger partial charge < -0.3 is 19.8 Å². The van der Waals surface area contributed by atoms with Gasteiger partial charge in [-0.05, 0) is 50.3 Å². The van der Waals surface area contributed by atoms with E-state index in [0.717, 1.165) is 55.3 Å². The number of anilines is 1. The second-order valence-electron chi connectivity index (χ2n) is 10.3. The molecule has 2 N–H and O–H groups in total. The van der Waals surface area contributed by atoms with Crippen molar-refractivity contribution in [2.45, 2.75) is 58.5 Å². The van der Waals surface area contributed by atoms with Crippen molar-refractivity contribution in [1.29, 1.82) is 0 Å². The molecule has 10 heteroatoms. The van der Waals surface area contributed by atoms with Crippen molar-refractivity contribution in [3.8, 4) is 11.1 Å². The summed E-state index contributed by atoms with van der Waals surface area (Å²) in [6.45, 7) is 5.16. The Morgan fingerprint density at radius 3 is 2.78 bits per heavy atom. The minimum atomic E-state index is -2.45. The third-order valence-electron chi connectivity index (χ3n) is 7.64. The van der Waals surface area contributed by atoms with Gasteiger partial charge in [-0.1, -0.05) is 13.0 Å². The molecule has 6 rings (SSSR count). The van der Waals surface area contributed by atoms with Crippen molar-refractivity contribution in [3.63, 3.8) is 0 Å². The van der Waals surface area contributed by atoms with Crippen LogP contribution >= 0.6 is 0 Å². The highest BCUT2D eigenvalue weighted by Crippen LogP contribution is 2.44. The third kappa shape index (κ3) is 3.88. The number of aryl methyl sites for hydroxylation is 1. The maximum atomic E-state index is 13.1. The van der Waals surface area contributed by atoms with Crippen molar-refractivity contribution in [2.24, 2.45) is 5.41 Å². The largest absolute Gasteiger partial charge is 0.351 e. The smallest absolute Gasteiger partial charge is 0.256 e. The van der Waals surface area contributed by atoms with Gasteiger partial charge in [0.1, 0.15) is 11.5 Å². The molecule has 2 fully saturated rings. The number of aromatic amines is 1. The maximum Gasteiger partial charge on any atom is 0.256 e. The number of carbonyl (C=O) groups is 1. The van der Waals surface area contributed by atoms with Crippen LogP contribution in [-0.4, -0.2) is 60.9 Å². The van der Waals surface area contributed by atoms with Crippen LogP contribution in [-0.2, 0) is 11.3 Å². The predicted octanol–water partition coefficient (Wildman–Crippen LogP) is 4.75. The van der Waals surface area contributed by atoms with Gasteiger partial charge in [0.25, 0.3) is 6.43 Å². The van der Waals surface area contributed by atoms with E-state index in [4.69, 9.17) is 0 Å². The minimum absolute atomic E-state index is 0.161. The molecule has 1 saturated carbocycles. The number of aromatic nitrogens is 5. The molecule has 1 aromatic carbocycles. The van der Waals surface area contributed by atoms with Crippen molar-refractivity contribution < 1.29 is 13.6 Å². The molecule has 3 aromatic heterocycles. The summed E-state index contributed by atoms with van der Waals surface area (Å²) in [6, 6.07) is 5.84. The third-order valence-corrected chi connectivity index (χ3v) is 7.64. The van der Waals surface area contributed by atoms with Crippen molar-refractivity contribution >= 4 is 33.9 Å². The molecule has 1 amide bonds. The maximum absolute atomic E-state index is 13.1. The number of likely N-dealkylation sites (tertiary alicyclic amines) is 1. The van der Waals surface area contributed by atoms with Gasteiger partial charge in [0.15, 0.2) is 0 Å². The number of nitrogens with one attached hydrogen (secondary N) is 2. The van der Waals surface area contributed by atoms with Gasteiger partial charge in [-0.15, -0.1) is 0 Å². The van der Waals surface area contributed by atoms with Crippen LogP contribution in [0.15, 0.2) is 30.6 Å². The second-order valence-corrected chi connectivity index (χ2v) is 10.3. The molecule has 0 unspecified atom stereocenters. The van der Waals surface area contributed by atoms with Gasteiger partial charge in [0, 0.05) is 42.5 Å². The van der Waals surface area contributed by atoms with E-state index in [-0.39, 0.29) is 23.9 Å². The van der Waals surface area contributed by atoms with Crippen LogP contribution in [0.25, 0.3) is 33.2 Å². The van der Waals surface area contributed by atoms with Crippen LogP contribution in [0.2, 0.25) is 0 Å². The number of amides is 1. The highest BCUT2D eigenvalue weighted by Gasteiger charge is 2.48. The van der Waals surface area contributed by atoms with Gasteiger partial charge in [0.2, 0.25) is 11.9 Å². The molecule has 0 spiro atoms. The van der Waals surface area contributed by atoms with Gasteiger partial charge in [-0.2, -0.15) is 4.98 Å². The molecule has 4 heterocycles. The Balaban J connectivity index is 1.20. The van der Waals surface area contributed by atoms with E-state index in [1.807, 2.05) is 29.3 Å². The normalized spacial score (nSPS) is 22.0. The molecule has 4 aromatic rings. The van der Waals surface area contributed by atoms with E-state index < -0.39 is 6.43 Å². The van der Waals surface area contributed by atoms with E-state index in [1.54, 1.807) is 17.7 Å². The fraction of sp³-hybridized carbons (Fsp3) is 0.462. The summed E-state index contributed by atoms with van der Waals surface area (Å²) >= 11 is 0. The van der Waals surface area contributed by atoms with E-state index in [2.05, 4.69) is 32.2 Å². The molecular weight excluding hydrogens is 464 g/mol. The first kappa shape index (κ1) is 22.9. The quantitative estimate of drug-likeness (QED) is 0.404. The first-order valence-electron chi connectivity index (χ1n) is 12.5. The number of hydrogen-bond acceptors (Lipinski definition) is 5. The van der Waals surface area contributed by atoms with Crippen molar-refractivity contribution in [3.05, 3.63) is 36.4 Å². The summed E-state index contributed by atoms with van der Waals surface area (Å²) in [5.41, 5.74) is 3.53. The SMILES string of the molecule is Cc1nc2ccc(-c3c[nH]c4nc(N[C@H]5C[C@](C)(C(=O)N6CCCC6)C5)ncc34)cc2n1CC(F)F. The predicted molar refractivity (Wildman–Crippen MR) is 134 cm³/mol. The molecule has 1 aliphatic heterocycles. The summed E-state index contributed by atoms with van der Waals surface area (Å²) in [6.07, 6.45) is 4.92. The van der Waals surface area contributed by atoms with Gasteiger partial charge in [-0.3, -0.25) is 4.79 Å². The lowest BCUT2D eigenvalue weighted by Gasteiger charge is -2.45. The number of hydrogen-bond donors (Lipinski definition) is 2. The fourth-order valence-electron chi connectivity index (χ4n) is 5.78. The number of H-pyrrole nitrogens is 1. The summed E-state index contributed by atoms with van der Waals surface area (Å²) in [5.74, 6) is 1.36. The number of benzene rings is 1. The number of nitrogens with zero attached hydrogens (tertiary/aromatic N) is 5. The Morgan fingerprint density at radius 1 is 1.25 bits per heavy atom. The lowest BCUT2D eigenvalue weighted by Crippen LogP contribution is -2.53. The molecule has 1 saturated heterocycles. The first-order chi connectivity index (χ1) is 17.3. The molecule has 0 atom stereocenters. The molecular formula is C26H29F2N7O. The zero-order valence-electron chi connectivity index (χ0n) is 20.4. The van der Waals surface area contributed by atoms with E-state index in [0.29, 0.717) is 28.5 Å². The monoisotopic (exact) mass is 493 g/mol. The molecule has 8 nitrogen and oxygen atoms in total. The average molecular weight is 494 g/mol. The summed E-state index contributed by atoms with van der Waals surface area (Å²) in [5, 5.41) is 4.22.